The molecule has 1 aromatic rings. The monoisotopic (exact) mass is 255 g/mol. The molecule has 1 fully saturated rings. The summed E-state index contributed by atoms with van der Waals surface area (Å²) in [6, 6.07) is 0. The molecule has 1 aliphatic rings. The summed E-state index contributed by atoms with van der Waals surface area (Å²) in [5, 5.41) is 12.9. The van der Waals surface area contributed by atoms with Crippen molar-refractivity contribution >= 4 is 11.3 Å². The zero-order chi connectivity index (χ0) is 12.3. The zero-order valence-electron chi connectivity index (χ0n) is 10.8. The lowest BCUT2D eigenvalue weighted by Gasteiger charge is -2.33. The minimum atomic E-state index is 0.332. The summed E-state index contributed by atoms with van der Waals surface area (Å²) in [5.41, 5.74) is 0.484. The van der Waals surface area contributed by atoms with Crippen LogP contribution in [0.2, 0.25) is 0 Å². The van der Waals surface area contributed by atoms with Gasteiger partial charge in [0.1, 0.15) is 11.1 Å². The van der Waals surface area contributed by atoms with Crippen molar-refractivity contribution in [1.29, 1.82) is 0 Å². The van der Waals surface area contributed by atoms with E-state index in [-0.39, 0.29) is 0 Å². The molecule has 0 aliphatic heterocycles. The van der Waals surface area contributed by atoms with Gasteiger partial charge in [0.15, 0.2) is 0 Å². The van der Waals surface area contributed by atoms with E-state index in [0.29, 0.717) is 11.5 Å². The van der Waals surface area contributed by atoms with Crippen molar-refractivity contribution in [3.8, 4) is 5.19 Å². The van der Waals surface area contributed by atoms with Crippen LogP contribution in [0, 0.1) is 5.41 Å². The van der Waals surface area contributed by atoms with E-state index in [1.54, 1.807) is 11.3 Å². The van der Waals surface area contributed by atoms with Crippen molar-refractivity contribution in [1.82, 2.24) is 15.5 Å². The number of aromatic nitrogens is 2. The highest BCUT2D eigenvalue weighted by atomic mass is 32.1. The second-order valence-electron chi connectivity index (χ2n) is 5.47. The number of nitrogens with zero attached hydrogens (tertiary/aromatic N) is 2. The van der Waals surface area contributed by atoms with Gasteiger partial charge in [-0.25, -0.2) is 0 Å². The average Bonchev–Trinajstić information content (AvgIpc) is 2.70. The van der Waals surface area contributed by atoms with E-state index >= 15 is 0 Å². The Morgan fingerprint density at radius 2 is 2.06 bits per heavy atom. The standard InChI is InChI=1S/C12H21N3OS/c1-12(2)6-4-9(5-7-12)16-11-15-14-10(17-11)8-13-3/h9,13H,4-8H2,1-3H3. The first kappa shape index (κ1) is 12.8. The van der Waals surface area contributed by atoms with Crippen molar-refractivity contribution in [2.24, 2.45) is 5.41 Å². The molecule has 0 atom stereocenters. The molecule has 1 N–H and O–H groups in total. The van der Waals surface area contributed by atoms with E-state index in [1.165, 1.54) is 12.8 Å². The number of hydrogen-bond acceptors (Lipinski definition) is 5. The van der Waals surface area contributed by atoms with Crippen LogP contribution in [0.5, 0.6) is 5.19 Å². The fraction of sp³-hybridized carbons (Fsp3) is 0.833. The lowest BCUT2D eigenvalue weighted by Crippen LogP contribution is -2.28. The van der Waals surface area contributed by atoms with Crippen molar-refractivity contribution in [2.75, 3.05) is 7.05 Å². The molecule has 0 saturated heterocycles. The molecule has 0 radical (unpaired) electrons. The normalized spacial score (nSPS) is 20.4. The summed E-state index contributed by atoms with van der Waals surface area (Å²) >= 11 is 1.54. The average molecular weight is 255 g/mol. The van der Waals surface area contributed by atoms with Gasteiger partial charge in [-0.05, 0) is 38.1 Å². The van der Waals surface area contributed by atoms with E-state index in [1.807, 2.05) is 7.05 Å². The molecule has 2 rings (SSSR count). The Labute approximate surface area is 107 Å². The number of hydrogen-bond donors (Lipinski definition) is 1. The third-order valence-corrected chi connectivity index (χ3v) is 4.14. The van der Waals surface area contributed by atoms with Crippen LogP contribution in [0.25, 0.3) is 0 Å². The van der Waals surface area contributed by atoms with Crippen molar-refractivity contribution in [2.45, 2.75) is 52.2 Å². The molecule has 96 valence electrons. The fourth-order valence-corrected chi connectivity index (χ4v) is 2.91. The predicted molar refractivity (Wildman–Crippen MR) is 69.3 cm³/mol. The molecule has 1 aromatic heterocycles. The van der Waals surface area contributed by atoms with Crippen LogP contribution in [-0.2, 0) is 6.54 Å². The van der Waals surface area contributed by atoms with Gasteiger partial charge in [-0.3, -0.25) is 0 Å². The first-order chi connectivity index (χ1) is 8.09. The Hall–Kier alpha value is -0.680. The molecule has 0 bridgehead atoms. The molecule has 0 amide bonds. The van der Waals surface area contributed by atoms with Gasteiger partial charge in [0, 0.05) is 6.54 Å². The lowest BCUT2D eigenvalue weighted by molar-refractivity contribution is 0.0978. The van der Waals surface area contributed by atoms with Gasteiger partial charge in [-0.2, -0.15) is 0 Å². The highest BCUT2D eigenvalue weighted by molar-refractivity contribution is 7.13. The molecule has 17 heavy (non-hydrogen) atoms. The van der Waals surface area contributed by atoms with Crippen molar-refractivity contribution in [3.63, 3.8) is 0 Å². The van der Waals surface area contributed by atoms with Crippen molar-refractivity contribution in [3.05, 3.63) is 5.01 Å². The van der Waals surface area contributed by atoms with Crippen LogP contribution in [0.15, 0.2) is 0 Å². The van der Waals surface area contributed by atoms with Crippen LogP contribution in [0.3, 0.4) is 0 Å². The molecule has 4 nitrogen and oxygen atoms in total. The summed E-state index contributed by atoms with van der Waals surface area (Å²) in [6.45, 7) is 5.43. The zero-order valence-corrected chi connectivity index (χ0v) is 11.6. The quantitative estimate of drug-likeness (QED) is 0.898. The maximum atomic E-state index is 5.89. The van der Waals surface area contributed by atoms with Gasteiger partial charge >= 0.3 is 0 Å². The minimum Gasteiger partial charge on any atom is -0.466 e. The number of rotatable bonds is 4. The van der Waals surface area contributed by atoms with Crippen LogP contribution in [0.4, 0.5) is 0 Å². The van der Waals surface area contributed by atoms with Crippen LogP contribution in [-0.4, -0.2) is 23.3 Å². The van der Waals surface area contributed by atoms with Gasteiger partial charge in [0.25, 0.3) is 5.19 Å². The maximum absolute atomic E-state index is 5.89. The topological polar surface area (TPSA) is 47.0 Å². The maximum Gasteiger partial charge on any atom is 0.294 e. The molecule has 1 saturated carbocycles. The van der Waals surface area contributed by atoms with Gasteiger partial charge in [-0.1, -0.05) is 30.3 Å². The predicted octanol–water partition coefficient (Wildman–Crippen LogP) is 2.61. The Balaban J connectivity index is 1.84. The van der Waals surface area contributed by atoms with Gasteiger partial charge in [-0.15, -0.1) is 5.10 Å². The second-order valence-corrected chi connectivity index (χ2v) is 6.50. The first-order valence-corrected chi connectivity index (χ1v) is 7.04. The van der Waals surface area contributed by atoms with E-state index in [4.69, 9.17) is 4.74 Å². The SMILES string of the molecule is CNCc1nnc(OC2CCC(C)(C)CC2)s1. The molecule has 0 aromatic carbocycles. The molecule has 1 heterocycles. The molecular formula is C12H21N3OS. The Morgan fingerprint density at radius 1 is 1.35 bits per heavy atom. The summed E-state index contributed by atoms with van der Waals surface area (Å²) < 4.78 is 5.89. The van der Waals surface area contributed by atoms with Gasteiger partial charge in [0.05, 0.1) is 0 Å². The van der Waals surface area contributed by atoms with E-state index in [2.05, 4.69) is 29.4 Å². The van der Waals surface area contributed by atoms with Crippen LogP contribution in [0.1, 0.15) is 44.5 Å². The highest BCUT2D eigenvalue weighted by Crippen LogP contribution is 2.36. The third-order valence-electron chi connectivity index (χ3n) is 3.33. The second kappa shape index (κ2) is 5.31. The van der Waals surface area contributed by atoms with Crippen LogP contribution >= 0.6 is 11.3 Å². The molecular weight excluding hydrogens is 234 g/mol. The van der Waals surface area contributed by atoms with Gasteiger partial charge < -0.3 is 10.1 Å². The Bertz CT molecular complexity index is 354. The van der Waals surface area contributed by atoms with Crippen molar-refractivity contribution < 1.29 is 4.74 Å². The summed E-state index contributed by atoms with van der Waals surface area (Å²) in [7, 11) is 1.91. The minimum absolute atomic E-state index is 0.332. The first-order valence-electron chi connectivity index (χ1n) is 6.23. The smallest absolute Gasteiger partial charge is 0.294 e. The largest absolute Gasteiger partial charge is 0.466 e. The molecule has 0 spiro atoms. The lowest BCUT2D eigenvalue weighted by atomic mass is 9.76. The Kier molecular flexibility index (Phi) is 3.99. The number of ether oxygens (including phenoxy) is 1. The summed E-state index contributed by atoms with van der Waals surface area (Å²) in [5.74, 6) is 0. The van der Waals surface area contributed by atoms with E-state index < -0.39 is 0 Å². The number of nitrogens with one attached hydrogen (secondary N) is 1. The van der Waals surface area contributed by atoms with E-state index in [9.17, 15) is 0 Å². The Morgan fingerprint density at radius 3 is 2.71 bits per heavy atom. The van der Waals surface area contributed by atoms with Crippen LogP contribution < -0.4 is 10.1 Å². The van der Waals surface area contributed by atoms with E-state index in [0.717, 1.165) is 29.6 Å². The van der Waals surface area contributed by atoms with Gasteiger partial charge in [0.2, 0.25) is 0 Å². The third kappa shape index (κ3) is 3.64. The molecule has 1 aliphatic carbocycles. The highest BCUT2D eigenvalue weighted by Gasteiger charge is 2.28. The summed E-state index contributed by atoms with van der Waals surface area (Å²) in [4.78, 5) is 0. The summed E-state index contributed by atoms with van der Waals surface area (Å²) in [6.07, 6.45) is 5.07. The molecule has 0 unspecified atom stereocenters. The molecule has 5 heteroatoms. The fourth-order valence-electron chi connectivity index (χ4n) is 2.14.